The zero-order valence-corrected chi connectivity index (χ0v) is 14.9. The Morgan fingerprint density at radius 3 is 1.86 bits per heavy atom. The Morgan fingerprint density at radius 1 is 0.905 bits per heavy atom. The van der Waals surface area contributed by atoms with E-state index in [9.17, 15) is 4.79 Å². The van der Waals surface area contributed by atoms with Gasteiger partial charge in [0, 0.05) is 12.5 Å². The molecule has 0 atom stereocenters. The van der Waals surface area contributed by atoms with Gasteiger partial charge in [0.2, 0.25) is 0 Å². The first kappa shape index (κ1) is 20.4. The first-order valence-corrected chi connectivity index (χ1v) is 8.96. The van der Waals surface area contributed by atoms with Crippen molar-refractivity contribution in [2.75, 3.05) is 20.6 Å². The van der Waals surface area contributed by atoms with Crippen LogP contribution in [0.5, 0.6) is 0 Å². The lowest BCUT2D eigenvalue weighted by Crippen LogP contribution is -2.14. The van der Waals surface area contributed by atoms with Gasteiger partial charge in [-0.2, -0.15) is 0 Å². The molecule has 21 heavy (non-hydrogen) atoms. The van der Waals surface area contributed by atoms with Crippen molar-refractivity contribution < 1.29 is 4.79 Å². The highest BCUT2D eigenvalue weighted by atomic mass is 16.1. The number of hydrogen-bond acceptors (Lipinski definition) is 2. The van der Waals surface area contributed by atoms with Crippen LogP contribution < -0.4 is 0 Å². The Kier molecular flexibility index (Phi) is 13.9. The van der Waals surface area contributed by atoms with Crippen LogP contribution in [-0.2, 0) is 4.79 Å². The average molecular weight is 296 g/mol. The smallest absolute Gasteiger partial charge is 0.158 e. The van der Waals surface area contributed by atoms with Crippen molar-refractivity contribution in [1.29, 1.82) is 0 Å². The summed E-state index contributed by atoms with van der Waals surface area (Å²) < 4.78 is 0. The largest absolute Gasteiger partial charge is 0.306 e. The van der Waals surface area contributed by atoms with Gasteiger partial charge >= 0.3 is 0 Å². The SMILES string of the molecule is CCCCCCC(CCCCCC)C(=O)/C=C/CN(C)C. The lowest BCUT2D eigenvalue weighted by molar-refractivity contribution is -0.118. The molecular weight excluding hydrogens is 258 g/mol. The van der Waals surface area contributed by atoms with Gasteiger partial charge in [0.05, 0.1) is 0 Å². The minimum Gasteiger partial charge on any atom is -0.306 e. The third kappa shape index (κ3) is 12.8. The van der Waals surface area contributed by atoms with Crippen LogP contribution in [0.3, 0.4) is 0 Å². The molecule has 0 aromatic heterocycles. The highest BCUT2D eigenvalue weighted by Gasteiger charge is 2.15. The molecule has 0 heterocycles. The molecule has 2 nitrogen and oxygen atoms in total. The fourth-order valence-corrected chi connectivity index (χ4v) is 2.58. The average Bonchev–Trinajstić information content (AvgIpc) is 2.45. The molecule has 0 saturated heterocycles. The Balaban J connectivity index is 4.19. The van der Waals surface area contributed by atoms with Crippen LogP contribution in [-0.4, -0.2) is 31.3 Å². The molecule has 2 heteroatoms. The zero-order valence-electron chi connectivity index (χ0n) is 14.9. The fourth-order valence-electron chi connectivity index (χ4n) is 2.58. The number of allylic oxidation sites excluding steroid dienone is 1. The van der Waals surface area contributed by atoms with Gasteiger partial charge < -0.3 is 4.90 Å². The van der Waals surface area contributed by atoms with Crippen molar-refractivity contribution in [2.45, 2.75) is 78.1 Å². The van der Waals surface area contributed by atoms with Gasteiger partial charge in [-0.25, -0.2) is 0 Å². The van der Waals surface area contributed by atoms with Gasteiger partial charge in [-0.15, -0.1) is 0 Å². The van der Waals surface area contributed by atoms with Crippen LogP contribution in [0.4, 0.5) is 0 Å². The van der Waals surface area contributed by atoms with Gasteiger partial charge in [-0.3, -0.25) is 4.79 Å². The van der Waals surface area contributed by atoms with E-state index in [1.54, 1.807) is 0 Å². The number of carbonyl (C=O) groups is 1. The first-order chi connectivity index (χ1) is 10.1. The van der Waals surface area contributed by atoms with E-state index in [0.29, 0.717) is 5.78 Å². The first-order valence-electron chi connectivity index (χ1n) is 8.96. The number of nitrogens with zero attached hydrogens (tertiary/aromatic N) is 1. The molecule has 0 fully saturated rings. The van der Waals surface area contributed by atoms with Crippen molar-refractivity contribution in [3.8, 4) is 0 Å². The van der Waals surface area contributed by atoms with E-state index in [4.69, 9.17) is 0 Å². The highest BCUT2D eigenvalue weighted by Crippen LogP contribution is 2.20. The van der Waals surface area contributed by atoms with Crippen molar-refractivity contribution in [3.05, 3.63) is 12.2 Å². The molecule has 0 saturated carbocycles. The summed E-state index contributed by atoms with van der Waals surface area (Å²) in [4.78, 5) is 14.4. The number of rotatable bonds is 14. The molecule has 0 aliphatic heterocycles. The van der Waals surface area contributed by atoms with Crippen LogP contribution in [0.15, 0.2) is 12.2 Å². The van der Waals surface area contributed by atoms with Crippen molar-refractivity contribution in [2.24, 2.45) is 5.92 Å². The molecule has 0 spiro atoms. The van der Waals surface area contributed by atoms with E-state index in [-0.39, 0.29) is 5.92 Å². The maximum Gasteiger partial charge on any atom is 0.158 e. The second-order valence-electron chi connectivity index (χ2n) is 6.46. The Hall–Kier alpha value is -0.630. The van der Waals surface area contributed by atoms with Crippen LogP contribution in [0, 0.1) is 5.92 Å². The maximum atomic E-state index is 12.3. The topological polar surface area (TPSA) is 20.3 Å². The third-order valence-corrected chi connectivity index (χ3v) is 3.97. The van der Waals surface area contributed by atoms with Crippen LogP contribution >= 0.6 is 0 Å². The molecule has 0 aliphatic rings. The van der Waals surface area contributed by atoms with E-state index in [0.717, 1.165) is 19.4 Å². The second kappa shape index (κ2) is 14.3. The maximum absolute atomic E-state index is 12.3. The number of unbranched alkanes of at least 4 members (excludes halogenated alkanes) is 6. The number of carbonyl (C=O) groups excluding carboxylic acids is 1. The standard InChI is InChI=1S/C19H37NO/c1-5-7-9-11-14-18(15-12-10-8-6-2)19(21)16-13-17-20(3)4/h13,16,18H,5-12,14-15,17H2,1-4H3/b16-13+. The van der Waals surface area contributed by atoms with E-state index < -0.39 is 0 Å². The fraction of sp³-hybridized carbons (Fsp3) is 0.842. The lowest BCUT2D eigenvalue weighted by atomic mass is 9.90. The molecule has 124 valence electrons. The lowest BCUT2D eigenvalue weighted by Gasteiger charge is -2.14. The second-order valence-corrected chi connectivity index (χ2v) is 6.46. The van der Waals surface area contributed by atoms with E-state index in [2.05, 4.69) is 18.7 Å². The molecule has 0 aromatic carbocycles. The quantitative estimate of drug-likeness (QED) is 0.323. The molecule has 0 bridgehead atoms. The van der Waals surface area contributed by atoms with Crippen LogP contribution in [0.25, 0.3) is 0 Å². The van der Waals surface area contributed by atoms with Gasteiger partial charge in [0.15, 0.2) is 5.78 Å². The number of likely N-dealkylation sites (N-methyl/N-ethyl adjacent to an activating group) is 1. The van der Waals surface area contributed by atoms with E-state index >= 15 is 0 Å². The predicted molar refractivity (Wildman–Crippen MR) is 93.7 cm³/mol. The van der Waals surface area contributed by atoms with Gasteiger partial charge in [0.25, 0.3) is 0 Å². The molecular formula is C19H37NO. The summed E-state index contributed by atoms with van der Waals surface area (Å²) in [6.45, 7) is 5.32. The van der Waals surface area contributed by atoms with Gasteiger partial charge in [-0.1, -0.05) is 71.3 Å². The van der Waals surface area contributed by atoms with E-state index in [1.807, 2.05) is 26.2 Å². The molecule has 0 rings (SSSR count). The molecule has 0 aromatic rings. The predicted octanol–water partition coefficient (Wildman–Crippen LogP) is 5.23. The molecule has 0 amide bonds. The van der Waals surface area contributed by atoms with Crippen molar-refractivity contribution in [3.63, 3.8) is 0 Å². The highest BCUT2D eigenvalue weighted by molar-refractivity contribution is 5.91. The summed E-state index contributed by atoms with van der Waals surface area (Å²) in [7, 11) is 4.06. The van der Waals surface area contributed by atoms with Gasteiger partial charge in [0.1, 0.15) is 0 Å². The summed E-state index contributed by atoms with van der Waals surface area (Å²) in [5.74, 6) is 0.613. The molecule has 0 aliphatic carbocycles. The Labute approximate surface area is 133 Å². The van der Waals surface area contributed by atoms with Gasteiger partial charge in [-0.05, 0) is 33.0 Å². The number of ketones is 1. The molecule has 0 unspecified atom stereocenters. The number of hydrogen-bond donors (Lipinski definition) is 0. The van der Waals surface area contributed by atoms with Crippen LogP contribution in [0.2, 0.25) is 0 Å². The Bertz CT molecular complexity index is 259. The van der Waals surface area contributed by atoms with E-state index in [1.165, 1.54) is 51.4 Å². The Morgan fingerprint density at radius 2 is 1.43 bits per heavy atom. The monoisotopic (exact) mass is 295 g/mol. The summed E-state index contributed by atoms with van der Waals surface area (Å²) in [6.07, 6.45) is 16.1. The normalized spacial score (nSPS) is 11.9. The molecule has 0 radical (unpaired) electrons. The zero-order chi connectivity index (χ0) is 15.9. The molecule has 0 N–H and O–H groups in total. The van der Waals surface area contributed by atoms with Crippen molar-refractivity contribution in [1.82, 2.24) is 4.90 Å². The van der Waals surface area contributed by atoms with Crippen LogP contribution in [0.1, 0.15) is 78.1 Å². The summed E-state index contributed by atoms with van der Waals surface area (Å²) in [6, 6.07) is 0. The minimum absolute atomic E-state index is 0.261. The minimum atomic E-state index is 0.261. The third-order valence-electron chi connectivity index (χ3n) is 3.97. The van der Waals surface area contributed by atoms with Crippen molar-refractivity contribution >= 4 is 5.78 Å². The summed E-state index contributed by atoms with van der Waals surface area (Å²) >= 11 is 0. The summed E-state index contributed by atoms with van der Waals surface area (Å²) in [5, 5.41) is 0. The summed E-state index contributed by atoms with van der Waals surface area (Å²) in [5.41, 5.74) is 0.